The molecule has 0 aromatic heterocycles. The van der Waals surface area contributed by atoms with Crippen molar-refractivity contribution in [3.8, 4) is 11.5 Å². The van der Waals surface area contributed by atoms with Crippen LogP contribution in [0.15, 0.2) is 54.2 Å². The van der Waals surface area contributed by atoms with Crippen LogP contribution in [-0.2, 0) is 0 Å². The van der Waals surface area contributed by atoms with Crippen molar-refractivity contribution in [1.29, 1.82) is 0 Å². The summed E-state index contributed by atoms with van der Waals surface area (Å²) in [6, 6.07) is 14.4. The molecule has 1 unspecified atom stereocenters. The monoisotopic (exact) mass is 283 g/mol. The average molecular weight is 283 g/mol. The summed E-state index contributed by atoms with van der Waals surface area (Å²) in [5.41, 5.74) is 1.45. The fourth-order valence-corrected chi connectivity index (χ4v) is 2.30. The predicted molar refractivity (Wildman–Crippen MR) is 77.8 cm³/mol. The topological polar surface area (TPSA) is 61.6 Å². The van der Waals surface area contributed by atoms with Crippen LogP contribution in [0.3, 0.4) is 0 Å². The van der Waals surface area contributed by atoms with Crippen molar-refractivity contribution in [3.05, 3.63) is 75.5 Å². The Hall–Kier alpha value is -2.82. The minimum atomic E-state index is -0.721. The van der Waals surface area contributed by atoms with E-state index in [1.54, 1.807) is 31.4 Å². The highest BCUT2D eigenvalue weighted by Gasteiger charge is 2.33. The Labute approximate surface area is 121 Å². The molecule has 2 aromatic rings. The number of nitrogens with zero attached hydrogens (tertiary/aromatic N) is 1. The molecule has 0 N–H and O–H groups in total. The van der Waals surface area contributed by atoms with Crippen LogP contribution in [0.25, 0.3) is 6.08 Å². The molecule has 2 aromatic carbocycles. The van der Waals surface area contributed by atoms with Crippen LogP contribution in [0.4, 0.5) is 0 Å². The van der Waals surface area contributed by atoms with Gasteiger partial charge in [0.1, 0.15) is 11.5 Å². The van der Waals surface area contributed by atoms with Gasteiger partial charge in [-0.25, -0.2) is 0 Å². The summed E-state index contributed by atoms with van der Waals surface area (Å²) >= 11 is 0. The van der Waals surface area contributed by atoms with Gasteiger partial charge in [0.25, 0.3) is 5.70 Å². The number of methoxy groups -OCH3 is 1. The Morgan fingerprint density at radius 1 is 1.19 bits per heavy atom. The highest BCUT2D eigenvalue weighted by molar-refractivity contribution is 5.63. The van der Waals surface area contributed by atoms with Gasteiger partial charge in [-0.05, 0) is 12.1 Å². The standard InChI is InChI=1S/C16H13NO4/c1-20-13-8-7-12-9-14(17(18)19)16(21-15(12)10-13)11-5-3-2-4-6-11/h2-10,16H,1H3. The molecule has 0 aliphatic carbocycles. The number of fused-ring (bicyclic) bond motifs is 1. The molecular formula is C16H13NO4. The molecule has 1 atom stereocenters. The molecule has 3 rings (SSSR count). The zero-order valence-corrected chi connectivity index (χ0v) is 11.4. The van der Waals surface area contributed by atoms with Gasteiger partial charge in [0, 0.05) is 23.3 Å². The van der Waals surface area contributed by atoms with E-state index in [-0.39, 0.29) is 5.70 Å². The molecule has 0 spiro atoms. The van der Waals surface area contributed by atoms with E-state index in [2.05, 4.69) is 0 Å². The van der Waals surface area contributed by atoms with Gasteiger partial charge in [-0.2, -0.15) is 0 Å². The summed E-state index contributed by atoms with van der Waals surface area (Å²) in [6.07, 6.45) is 0.830. The minimum Gasteiger partial charge on any atom is -0.497 e. The number of ether oxygens (including phenoxy) is 2. The van der Waals surface area contributed by atoms with E-state index < -0.39 is 11.0 Å². The van der Waals surface area contributed by atoms with Gasteiger partial charge in [0.2, 0.25) is 6.10 Å². The average Bonchev–Trinajstić information content (AvgIpc) is 2.53. The third-order valence-corrected chi connectivity index (χ3v) is 3.35. The molecule has 1 aliphatic heterocycles. The molecule has 106 valence electrons. The summed E-state index contributed by atoms with van der Waals surface area (Å²) in [6.45, 7) is 0. The molecule has 0 fully saturated rings. The lowest BCUT2D eigenvalue weighted by atomic mass is 10.0. The number of rotatable bonds is 3. The molecule has 0 saturated carbocycles. The molecule has 1 heterocycles. The quantitative estimate of drug-likeness (QED) is 0.639. The van der Waals surface area contributed by atoms with Gasteiger partial charge in [-0.1, -0.05) is 30.3 Å². The van der Waals surface area contributed by atoms with Gasteiger partial charge >= 0.3 is 0 Å². The number of nitro groups is 1. The van der Waals surface area contributed by atoms with Gasteiger partial charge in [0.15, 0.2) is 0 Å². The second-order valence-electron chi connectivity index (χ2n) is 4.64. The highest BCUT2D eigenvalue weighted by Crippen LogP contribution is 2.39. The Morgan fingerprint density at radius 2 is 1.95 bits per heavy atom. The minimum absolute atomic E-state index is 0.0267. The van der Waals surface area contributed by atoms with E-state index in [0.717, 1.165) is 5.56 Å². The maximum atomic E-state index is 11.3. The van der Waals surface area contributed by atoms with Gasteiger partial charge in [-0.15, -0.1) is 0 Å². The summed E-state index contributed by atoms with van der Waals surface area (Å²) < 4.78 is 11.0. The lowest BCUT2D eigenvalue weighted by Gasteiger charge is -2.23. The van der Waals surface area contributed by atoms with E-state index in [1.165, 1.54) is 0 Å². The zero-order valence-electron chi connectivity index (χ0n) is 11.4. The molecule has 21 heavy (non-hydrogen) atoms. The second kappa shape index (κ2) is 5.28. The summed E-state index contributed by atoms with van der Waals surface area (Å²) in [4.78, 5) is 10.9. The largest absolute Gasteiger partial charge is 0.497 e. The lowest BCUT2D eigenvalue weighted by molar-refractivity contribution is -0.434. The Kier molecular flexibility index (Phi) is 3.31. The first-order valence-corrected chi connectivity index (χ1v) is 6.44. The lowest BCUT2D eigenvalue weighted by Crippen LogP contribution is -2.19. The van der Waals surface area contributed by atoms with Crippen molar-refractivity contribution in [2.45, 2.75) is 6.10 Å². The van der Waals surface area contributed by atoms with Gasteiger partial charge in [0.05, 0.1) is 12.0 Å². The molecule has 1 aliphatic rings. The Bertz CT molecular complexity index is 709. The summed E-state index contributed by atoms with van der Waals surface area (Å²) in [5.74, 6) is 1.23. The smallest absolute Gasteiger partial charge is 0.291 e. The first-order chi connectivity index (χ1) is 10.2. The SMILES string of the molecule is COc1ccc2c(c1)OC(c1ccccc1)C([N+](=O)[O-])=C2. The van der Waals surface area contributed by atoms with Gasteiger partial charge < -0.3 is 9.47 Å². The fraction of sp³-hybridized carbons (Fsp3) is 0.125. The maximum Gasteiger partial charge on any atom is 0.291 e. The van der Waals surface area contributed by atoms with Crippen molar-refractivity contribution in [1.82, 2.24) is 0 Å². The first kappa shape index (κ1) is 13.2. The number of hydrogen-bond acceptors (Lipinski definition) is 4. The molecule has 0 radical (unpaired) electrons. The van der Waals surface area contributed by atoms with Gasteiger partial charge in [-0.3, -0.25) is 10.1 Å². The Morgan fingerprint density at radius 3 is 2.62 bits per heavy atom. The third-order valence-electron chi connectivity index (χ3n) is 3.35. The van der Waals surface area contributed by atoms with E-state index in [9.17, 15) is 10.1 Å². The molecule has 0 bridgehead atoms. The molecular weight excluding hydrogens is 270 g/mol. The van der Waals surface area contributed by atoms with E-state index in [0.29, 0.717) is 17.1 Å². The number of hydrogen-bond donors (Lipinski definition) is 0. The zero-order chi connectivity index (χ0) is 14.8. The third kappa shape index (κ3) is 2.45. The van der Waals surface area contributed by atoms with Crippen LogP contribution in [0, 0.1) is 10.1 Å². The van der Waals surface area contributed by atoms with Crippen molar-refractivity contribution < 1.29 is 14.4 Å². The molecule has 5 heteroatoms. The van der Waals surface area contributed by atoms with E-state index >= 15 is 0 Å². The predicted octanol–water partition coefficient (Wildman–Crippen LogP) is 3.45. The summed E-state index contributed by atoms with van der Waals surface area (Å²) in [7, 11) is 1.57. The fourth-order valence-electron chi connectivity index (χ4n) is 2.30. The van der Waals surface area contributed by atoms with Crippen LogP contribution in [0.2, 0.25) is 0 Å². The van der Waals surface area contributed by atoms with Crippen LogP contribution in [0.1, 0.15) is 17.2 Å². The van der Waals surface area contributed by atoms with Crippen molar-refractivity contribution in [2.75, 3.05) is 7.11 Å². The van der Waals surface area contributed by atoms with Crippen LogP contribution in [-0.4, -0.2) is 12.0 Å². The number of benzene rings is 2. The van der Waals surface area contributed by atoms with Crippen molar-refractivity contribution in [3.63, 3.8) is 0 Å². The van der Waals surface area contributed by atoms with Crippen molar-refractivity contribution in [2.24, 2.45) is 0 Å². The molecule has 0 saturated heterocycles. The molecule has 5 nitrogen and oxygen atoms in total. The highest BCUT2D eigenvalue weighted by atomic mass is 16.6. The van der Waals surface area contributed by atoms with Crippen molar-refractivity contribution >= 4 is 6.08 Å². The van der Waals surface area contributed by atoms with Crippen LogP contribution >= 0.6 is 0 Å². The summed E-state index contributed by atoms with van der Waals surface area (Å²) in [5, 5.41) is 11.3. The molecule has 0 amide bonds. The normalized spacial score (nSPS) is 16.4. The maximum absolute atomic E-state index is 11.3. The Balaban J connectivity index is 2.08. The second-order valence-corrected chi connectivity index (χ2v) is 4.64. The van der Waals surface area contributed by atoms with Crippen LogP contribution in [0.5, 0.6) is 11.5 Å². The first-order valence-electron chi connectivity index (χ1n) is 6.44. The van der Waals surface area contributed by atoms with E-state index in [4.69, 9.17) is 9.47 Å². The van der Waals surface area contributed by atoms with E-state index in [1.807, 2.05) is 30.3 Å². The van der Waals surface area contributed by atoms with Crippen LogP contribution < -0.4 is 9.47 Å².